The molecule has 11 nitrogen and oxygen atoms in total. The number of hydrogen-bond donors (Lipinski definition) is 2. The van der Waals surface area contributed by atoms with Crippen LogP contribution < -0.4 is 29.8 Å². The lowest BCUT2D eigenvalue weighted by atomic mass is 10.1. The van der Waals surface area contributed by atoms with Crippen LogP contribution in [0.15, 0.2) is 53.3 Å². The third-order valence-electron chi connectivity index (χ3n) is 6.13. The molecule has 2 aromatic heterocycles. The van der Waals surface area contributed by atoms with Gasteiger partial charge in [-0.2, -0.15) is 18.4 Å². The van der Waals surface area contributed by atoms with Gasteiger partial charge in [-0.25, -0.2) is 8.78 Å². The summed E-state index contributed by atoms with van der Waals surface area (Å²) in [6.07, 6.45) is -0.678. The highest BCUT2D eigenvalue weighted by molar-refractivity contribution is 6.06. The molecule has 2 heterocycles. The van der Waals surface area contributed by atoms with Crippen LogP contribution in [0.5, 0.6) is 23.1 Å². The van der Waals surface area contributed by atoms with Crippen LogP contribution in [0.4, 0.5) is 23.2 Å². The molecular weight excluding hydrogens is 580 g/mol. The molecule has 0 radical (unpaired) electrons. The van der Waals surface area contributed by atoms with Crippen LogP contribution >= 0.6 is 0 Å². The molecular formula is C28H26F4N4O7. The molecule has 1 atom stereocenters. The third-order valence-corrected chi connectivity index (χ3v) is 6.13. The largest absolute Gasteiger partial charge is 0.497 e. The number of anilines is 1. The van der Waals surface area contributed by atoms with Crippen molar-refractivity contribution >= 4 is 11.6 Å². The summed E-state index contributed by atoms with van der Waals surface area (Å²) in [6, 6.07) is 9.11. The van der Waals surface area contributed by atoms with E-state index in [1.165, 1.54) is 33.4 Å². The zero-order chi connectivity index (χ0) is 31.4. The Hall–Kier alpha value is -5.05. The number of aromatic nitrogens is 3. The van der Waals surface area contributed by atoms with Crippen molar-refractivity contribution in [1.29, 1.82) is 0 Å². The molecule has 0 saturated heterocycles. The van der Waals surface area contributed by atoms with Gasteiger partial charge in [-0.3, -0.25) is 14.3 Å². The Bertz CT molecular complexity index is 1670. The highest BCUT2D eigenvalue weighted by Gasteiger charge is 2.28. The third kappa shape index (κ3) is 6.56. The molecule has 43 heavy (non-hydrogen) atoms. The van der Waals surface area contributed by atoms with Crippen molar-refractivity contribution in [3.8, 4) is 40.2 Å². The number of carbonyl (C=O) groups is 1. The number of benzene rings is 2. The SMILES string of the molecule is COc1cc(OC(C)CO)nc(-n2c(=O)c(NC(=O)c3ccc(OC(F)F)cc3)c(-c3c(F)cc(OC)cc3F)n2C)c1. The highest BCUT2D eigenvalue weighted by Crippen LogP contribution is 2.35. The second-order valence-corrected chi connectivity index (χ2v) is 9.00. The number of aliphatic hydroxyl groups is 1. The second-order valence-electron chi connectivity index (χ2n) is 9.00. The minimum Gasteiger partial charge on any atom is -0.497 e. The van der Waals surface area contributed by atoms with Crippen molar-refractivity contribution in [1.82, 2.24) is 14.3 Å². The quantitative estimate of drug-likeness (QED) is 0.244. The summed E-state index contributed by atoms with van der Waals surface area (Å²) >= 11 is 0. The van der Waals surface area contributed by atoms with Gasteiger partial charge in [-0.1, -0.05) is 0 Å². The van der Waals surface area contributed by atoms with Gasteiger partial charge in [-0.15, -0.1) is 0 Å². The predicted octanol–water partition coefficient (Wildman–Crippen LogP) is 4.15. The summed E-state index contributed by atoms with van der Waals surface area (Å²) in [7, 11) is 3.88. The Morgan fingerprint density at radius 2 is 1.58 bits per heavy atom. The number of nitrogens with zero attached hydrogens (tertiary/aromatic N) is 3. The van der Waals surface area contributed by atoms with Crippen molar-refractivity contribution in [2.24, 2.45) is 7.05 Å². The first-order valence-electron chi connectivity index (χ1n) is 12.5. The molecule has 0 aliphatic rings. The lowest BCUT2D eigenvalue weighted by molar-refractivity contribution is -0.0498. The number of hydrogen-bond acceptors (Lipinski definition) is 8. The number of nitrogens with one attached hydrogen (secondary N) is 1. The zero-order valence-corrected chi connectivity index (χ0v) is 23.2. The number of aliphatic hydroxyl groups excluding tert-OH is 1. The molecule has 0 fully saturated rings. The van der Waals surface area contributed by atoms with E-state index in [0.717, 1.165) is 45.8 Å². The molecule has 0 bridgehead atoms. The topological polar surface area (TPSA) is 126 Å². The van der Waals surface area contributed by atoms with E-state index in [0.29, 0.717) is 0 Å². The molecule has 4 rings (SSSR count). The van der Waals surface area contributed by atoms with E-state index in [1.807, 2.05) is 0 Å². The Kier molecular flexibility index (Phi) is 9.24. The van der Waals surface area contributed by atoms with Crippen LogP contribution in [0.3, 0.4) is 0 Å². The highest BCUT2D eigenvalue weighted by atomic mass is 19.3. The summed E-state index contributed by atoms with van der Waals surface area (Å²) in [4.78, 5) is 31.3. The molecule has 0 aliphatic carbocycles. The molecule has 2 N–H and O–H groups in total. The maximum absolute atomic E-state index is 15.3. The maximum atomic E-state index is 15.3. The van der Waals surface area contributed by atoms with Crippen LogP contribution in [-0.2, 0) is 7.05 Å². The molecule has 228 valence electrons. The van der Waals surface area contributed by atoms with Gasteiger partial charge in [0.2, 0.25) is 5.88 Å². The van der Waals surface area contributed by atoms with Crippen molar-refractivity contribution in [2.75, 3.05) is 26.1 Å². The molecule has 4 aromatic rings. The molecule has 1 amide bonds. The zero-order valence-electron chi connectivity index (χ0n) is 23.2. The van der Waals surface area contributed by atoms with Crippen molar-refractivity contribution in [2.45, 2.75) is 19.6 Å². The summed E-state index contributed by atoms with van der Waals surface area (Å²) in [5, 5.41) is 11.8. The van der Waals surface area contributed by atoms with Gasteiger partial charge in [0.1, 0.15) is 46.4 Å². The first-order chi connectivity index (χ1) is 20.5. The van der Waals surface area contributed by atoms with Crippen molar-refractivity contribution in [3.63, 3.8) is 0 Å². The normalized spacial score (nSPS) is 11.8. The summed E-state index contributed by atoms with van der Waals surface area (Å²) in [6.45, 7) is -1.85. The Morgan fingerprint density at radius 1 is 0.977 bits per heavy atom. The van der Waals surface area contributed by atoms with Gasteiger partial charge >= 0.3 is 6.61 Å². The minimum absolute atomic E-state index is 0.0379. The fraction of sp³-hybridized carbons (Fsp3) is 0.250. The van der Waals surface area contributed by atoms with Crippen LogP contribution in [0, 0.1) is 11.6 Å². The monoisotopic (exact) mass is 606 g/mol. The van der Waals surface area contributed by atoms with E-state index in [9.17, 15) is 23.5 Å². The number of methoxy groups -OCH3 is 2. The standard InChI is InChI=1S/C28H26F4N4O7/c1-14(13-37)42-22-12-18(41-4)11-21(33-22)36-27(39)24(34-26(38)15-5-7-16(8-6-15)43-28(31)32)25(35(36)2)23-19(29)9-17(40-3)10-20(23)30/h5-12,14,28,37H,13H2,1-4H3,(H,34,38). The van der Waals surface area contributed by atoms with Gasteiger partial charge < -0.3 is 29.4 Å². The number of amides is 1. The Balaban J connectivity index is 1.91. The molecule has 0 aliphatic heterocycles. The van der Waals surface area contributed by atoms with Crippen molar-refractivity contribution < 1.29 is 46.4 Å². The first kappa shape index (κ1) is 30.9. The molecule has 15 heteroatoms. The summed E-state index contributed by atoms with van der Waals surface area (Å²) in [5.74, 6) is -3.41. The minimum atomic E-state index is -3.08. The van der Waals surface area contributed by atoms with E-state index in [1.54, 1.807) is 6.92 Å². The van der Waals surface area contributed by atoms with Crippen molar-refractivity contribution in [3.05, 3.63) is 76.1 Å². The van der Waals surface area contributed by atoms with Crippen LogP contribution in [0.25, 0.3) is 17.1 Å². The second kappa shape index (κ2) is 12.9. The van der Waals surface area contributed by atoms with E-state index in [4.69, 9.17) is 14.2 Å². The van der Waals surface area contributed by atoms with Gasteiger partial charge in [0.05, 0.1) is 26.4 Å². The number of halogens is 4. The number of ether oxygens (including phenoxy) is 4. The fourth-order valence-electron chi connectivity index (χ4n) is 4.13. The average Bonchev–Trinajstić information content (AvgIpc) is 3.20. The van der Waals surface area contributed by atoms with Gasteiger partial charge in [0.15, 0.2) is 5.82 Å². The average molecular weight is 607 g/mol. The molecule has 2 aromatic carbocycles. The lowest BCUT2D eigenvalue weighted by Gasteiger charge is -2.15. The number of alkyl halides is 2. The van der Waals surface area contributed by atoms with Crippen LogP contribution in [0.1, 0.15) is 17.3 Å². The lowest BCUT2D eigenvalue weighted by Crippen LogP contribution is -2.24. The fourth-order valence-corrected chi connectivity index (χ4v) is 4.13. The molecule has 0 saturated carbocycles. The Morgan fingerprint density at radius 3 is 2.14 bits per heavy atom. The molecule has 0 spiro atoms. The summed E-state index contributed by atoms with van der Waals surface area (Å²) in [5.41, 5.74) is -2.58. The van der Waals surface area contributed by atoms with Gasteiger partial charge in [0.25, 0.3) is 11.5 Å². The van der Waals surface area contributed by atoms with Gasteiger partial charge in [0, 0.05) is 36.9 Å². The summed E-state index contributed by atoms with van der Waals surface area (Å²) < 4.78 is 77.8. The van der Waals surface area contributed by atoms with Gasteiger partial charge in [-0.05, 0) is 31.2 Å². The number of carbonyl (C=O) groups excluding carboxylic acids is 1. The number of pyridine rings is 1. The van der Waals surface area contributed by atoms with Crippen LogP contribution in [0.2, 0.25) is 0 Å². The Labute approximate surface area is 241 Å². The first-order valence-corrected chi connectivity index (χ1v) is 12.5. The van der Waals surface area contributed by atoms with E-state index in [2.05, 4.69) is 15.0 Å². The number of rotatable bonds is 11. The van der Waals surface area contributed by atoms with E-state index in [-0.39, 0.29) is 46.8 Å². The molecule has 1 unspecified atom stereocenters. The predicted molar refractivity (Wildman–Crippen MR) is 145 cm³/mol. The smallest absolute Gasteiger partial charge is 0.387 e. The van der Waals surface area contributed by atoms with E-state index < -0.39 is 47.1 Å². The van der Waals surface area contributed by atoms with E-state index >= 15 is 8.78 Å². The maximum Gasteiger partial charge on any atom is 0.387 e. The van der Waals surface area contributed by atoms with Crippen LogP contribution in [-0.4, -0.2) is 58.9 Å².